The Morgan fingerprint density at radius 3 is 2.43 bits per heavy atom. The lowest BCUT2D eigenvalue weighted by molar-refractivity contribution is -0.0512. The minimum atomic E-state index is -2.90. The van der Waals surface area contributed by atoms with Crippen LogP contribution in [-0.2, 0) is 6.54 Å². The molecule has 3 rings (SSSR count). The summed E-state index contributed by atoms with van der Waals surface area (Å²) in [6.45, 7) is 2.91. The van der Waals surface area contributed by atoms with E-state index in [4.69, 9.17) is 14.2 Å². The average molecular weight is 393 g/mol. The molecule has 1 aliphatic heterocycles. The van der Waals surface area contributed by atoms with Gasteiger partial charge in [-0.05, 0) is 41.3 Å². The molecule has 5 nitrogen and oxygen atoms in total. The third kappa shape index (κ3) is 4.84. The first kappa shape index (κ1) is 20.2. The van der Waals surface area contributed by atoms with Crippen LogP contribution in [0.1, 0.15) is 31.0 Å². The van der Waals surface area contributed by atoms with Gasteiger partial charge < -0.3 is 24.3 Å². The van der Waals surface area contributed by atoms with Crippen LogP contribution in [-0.4, -0.2) is 26.9 Å². The molecule has 0 aliphatic carbocycles. The van der Waals surface area contributed by atoms with Gasteiger partial charge in [-0.2, -0.15) is 8.78 Å². The molecule has 0 spiro atoms. The quantitative estimate of drug-likeness (QED) is 0.713. The van der Waals surface area contributed by atoms with Gasteiger partial charge >= 0.3 is 6.61 Å². The molecule has 1 unspecified atom stereocenters. The number of hydrogen-bond acceptors (Lipinski definition) is 5. The first-order valence-electron chi connectivity index (χ1n) is 9.22. The number of benzene rings is 2. The monoisotopic (exact) mass is 393 g/mol. The van der Waals surface area contributed by atoms with Gasteiger partial charge in [0, 0.05) is 12.6 Å². The zero-order valence-electron chi connectivity index (χ0n) is 16.2. The summed E-state index contributed by atoms with van der Waals surface area (Å²) in [6, 6.07) is 11.0. The molecule has 0 bridgehead atoms. The van der Waals surface area contributed by atoms with Crippen molar-refractivity contribution in [2.45, 2.75) is 33.0 Å². The van der Waals surface area contributed by atoms with Gasteiger partial charge in [-0.3, -0.25) is 0 Å². The molecule has 1 N–H and O–H groups in total. The zero-order chi connectivity index (χ0) is 20.1. The molecule has 0 radical (unpaired) electrons. The number of nitrogens with one attached hydrogen (secondary N) is 1. The molecule has 0 fully saturated rings. The van der Waals surface area contributed by atoms with E-state index in [0.29, 0.717) is 25.7 Å². The molecule has 1 heterocycles. The van der Waals surface area contributed by atoms with E-state index in [0.717, 1.165) is 22.6 Å². The molecule has 0 saturated carbocycles. The molecule has 1 aliphatic rings. The third-order valence-corrected chi connectivity index (χ3v) is 4.56. The van der Waals surface area contributed by atoms with Crippen LogP contribution in [0.5, 0.6) is 23.0 Å². The summed E-state index contributed by atoms with van der Waals surface area (Å²) in [7, 11) is 1.42. The highest BCUT2D eigenvalue weighted by Gasteiger charge is 2.20. The summed E-state index contributed by atoms with van der Waals surface area (Å²) in [5.74, 6) is 2.10. The van der Waals surface area contributed by atoms with E-state index in [9.17, 15) is 8.78 Å². The van der Waals surface area contributed by atoms with E-state index in [1.54, 1.807) is 12.1 Å². The maximum Gasteiger partial charge on any atom is 0.387 e. The van der Waals surface area contributed by atoms with Crippen molar-refractivity contribution in [2.75, 3.05) is 20.3 Å². The highest BCUT2D eigenvalue weighted by molar-refractivity contribution is 5.45. The Labute approximate surface area is 163 Å². The predicted molar refractivity (Wildman–Crippen MR) is 101 cm³/mol. The maximum atomic E-state index is 12.6. The molecule has 0 aromatic heterocycles. The van der Waals surface area contributed by atoms with Crippen molar-refractivity contribution in [3.63, 3.8) is 0 Å². The Balaban J connectivity index is 1.75. The fraction of sp³-hybridized carbons (Fsp3) is 0.429. The lowest BCUT2D eigenvalue weighted by Gasteiger charge is -2.26. The van der Waals surface area contributed by atoms with Crippen LogP contribution in [0.2, 0.25) is 0 Å². The van der Waals surface area contributed by atoms with Crippen molar-refractivity contribution in [3.05, 3.63) is 47.5 Å². The fourth-order valence-corrected chi connectivity index (χ4v) is 3.24. The smallest absolute Gasteiger partial charge is 0.387 e. The second-order valence-corrected chi connectivity index (χ2v) is 6.87. The van der Waals surface area contributed by atoms with Crippen LogP contribution in [0.15, 0.2) is 36.4 Å². The van der Waals surface area contributed by atoms with Gasteiger partial charge in [-0.15, -0.1) is 0 Å². The van der Waals surface area contributed by atoms with Crippen molar-refractivity contribution in [1.29, 1.82) is 0 Å². The molecular formula is C21H25F2NO4. The van der Waals surface area contributed by atoms with Crippen molar-refractivity contribution in [1.82, 2.24) is 5.32 Å². The van der Waals surface area contributed by atoms with Crippen molar-refractivity contribution in [3.8, 4) is 23.0 Å². The predicted octanol–water partition coefficient (Wildman–Crippen LogP) is 4.55. The van der Waals surface area contributed by atoms with Gasteiger partial charge in [0.05, 0.1) is 7.11 Å². The van der Waals surface area contributed by atoms with Crippen LogP contribution in [0.4, 0.5) is 8.78 Å². The second-order valence-electron chi connectivity index (χ2n) is 6.87. The van der Waals surface area contributed by atoms with Crippen LogP contribution in [0.25, 0.3) is 0 Å². The van der Waals surface area contributed by atoms with Crippen molar-refractivity contribution < 1.29 is 27.7 Å². The molecule has 28 heavy (non-hydrogen) atoms. The number of halogens is 2. The number of hydrogen-bond donors (Lipinski definition) is 1. The summed E-state index contributed by atoms with van der Waals surface area (Å²) in [5.41, 5.74) is 1.90. The summed E-state index contributed by atoms with van der Waals surface area (Å²) in [4.78, 5) is 0. The van der Waals surface area contributed by atoms with E-state index in [-0.39, 0.29) is 17.5 Å². The topological polar surface area (TPSA) is 49.0 Å². The van der Waals surface area contributed by atoms with Gasteiger partial charge in [0.15, 0.2) is 23.0 Å². The Kier molecular flexibility index (Phi) is 6.57. The highest BCUT2D eigenvalue weighted by Crippen LogP contribution is 2.35. The Bertz CT molecular complexity index is 798. The minimum absolute atomic E-state index is 0.0252. The Morgan fingerprint density at radius 1 is 1.00 bits per heavy atom. The molecular weight excluding hydrogens is 368 g/mol. The number of fused-ring (bicyclic) bond motifs is 1. The number of rotatable bonds is 8. The van der Waals surface area contributed by atoms with E-state index >= 15 is 0 Å². The number of alkyl halides is 2. The minimum Gasteiger partial charge on any atom is -0.493 e. The molecule has 7 heteroatoms. The lowest BCUT2D eigenvalue weighted by atomic mass is 9.95. The normalized spacial score (nSPS) is 14.2. The standard InChI is InChI=1S/C21H25F2NO4/c1-13(2)20(15-5-7-17-18(11-15)27-9-8-26-17)24-12-14-4-6-16(25-3)19(10-14)28-21(22)23/h4-7,10-11,13,20-21,24H,8-9,12H2,1-3H3. The van der Waals surface area contributed by atoms with Gasteiger partial charge in [0.1, 0.15) is 13.2 Å². The van der Waals surface area contributed by atoms with Crippen LogP contribution in [0, 0.1) is 5.92 Å². The summed E-state index contributed by atoms with van der Waals surface area (Å²) < 4.78 is 46.2. The van der Waals surface area contributed by atoms with Crippen LogP contribution < -0.4 is 24.3 Å². The lowest BCUT2D eigenvalue weighted by Crippen LogP contribution is -2.26. The van der Waals surface area contributed by atoms with Crippen LogP contribution >= 0.6 is 0 Å². The largest absolute Gasteiger partial charge is 0.493 e. The molecule has 2 aromatic carbocycles. The number of methoxy groups -OCH3 is 1. The first-order valence-corrected chi connectivity index (χ1v) is 9.22. The van der Waals surface area contributed by atoms with E-state index in [1.165, 1.54) is 7.11 Å². The Morgan fingerprint density at radius 2 is 1.75 bits per heavy atom. The fourth-order valence-electron chi connectivity index (χ4n) is 3.24. The van der Waals surface area contributed by atoms with E-state index in [2.05, 4.69) is 23.9 Å². The molecule has 1 atom stereocenters. The van der Waals surface area contributed by atoms with Gasteiger partial charge in [-0.1, -0.05) is 26.0 Å². The SMILES string of the molecule is COc1ccc(CNC(c2ccc3c(c2)OCCO3)C(C)C)cc1OC(F)F. The molecule has 0 amide bonds. The highest BCUT2D eigenvalue weighted by atomic mass is 19.3. The van der Waals surface area contributed by atoms with Gasteiger partial charge in [0.25, 0.3) is 0 Å². The molecule has 2 aromatic rings. The summed E-state index contributed by atoms with van der Waals surface area (Å²) >= 11 is 0. The Hall–Kier alpha value is -2.54. The average Bonchev–Trinajstić information content (AvgIpc) is 2.67. The van der Waals surface area contributed by atoms with E-state index < -0.39 is 6.61 Å². The first-order chi connectivity index (χ1) is 13.5. The number of ether oxygens (including phenoxy) is 4. The van der Waals surface area contributed by atoms with Crippen molar-refractivity contribution >= 4 is 0 Å². The maximum absolute atomic E-state index is 12.6. The summed E-state index contributed by atoms with van der Waals surface area (Å²) in [6.07, 6.45) is 0. The third-order valence-electron chi connectivity index (χ3n) is 4.56. The van der Waals surface area contributed by atoms with E-state index in [1.807, 2.05) is 24.3 Å². The van der Waals surface area contributed by atoms with Gasteiger partial charge in [-0.25, -0.2) is 0 Å². The van der Waals surface area contributed by atoms with Gasteiger partial charge in [0.2, 0.25) is 0 Å². The summed E-state index contributed by atoms with van der Waals surface area (Å²) in [5, 5.41) is 3.50. The van der Waals surface area contributed by atoms with Crippen LogP contribution in [0.3, 0.4) is 0 Å². The zero-order valence-corrected chi connectivity index (χ0v) is 16.2. The molecule has 152 valence electrons. The van der Waals surface area contributed by atoms with Crippen molar-refractivity contribution in [2.24, 2.45) is 5.92 Å². The molecule has 0 saturated heterocycles. The second kappa shape index (κ2) is 9.10.